The highest BCUT2D eigenvalue weighted by Gasteiger charge is 2.38. The van der Waals surface area contributed by atoms with Gasteiger partial charge in [0, 0.05) is 6.54 Å². The summed E-state index contributed by atoms with van der Waals surface area (Å²) in [7, 11) is 0. The normalized spacial score (nSPS) is 19.9. The van der Waals surface area contributed by atoms with Gasteiger partial charge in [-0.15, -0.1) is 0 Å². The molecule has 6 nitrogen and oxygen atoms in total. The lowest BCUT2D eigenvalue weighted by Crippen LogP contribution is -2.43. The van der Waals surface area contributed by atoms with Gasteiger partial charge in [0.15, 0.2) is 0 Å². The fourth-order valence-corrected chi connectivity index (χ4v) is 1.82. The molecule has 1 aliphatic rings. The maximum absolute atomic E-state index is 11.8. The maximum atomic E-state index is 11.8. The van der Waals surface area contributed by atoms with Gasteiger partial charge in [-0.1, -0.05) is 0 Å². The van der Waals surface area contributed by atoms with Gasteiger partial charge >= 0.3 is 12.6 Å². The first kappa shape index (κ1) is 13.4. The van der Waals surface area contributed by atoms with E-state index in [1.807, 2.05) is 0 Å². The van der Waals surface area contributed by atoms with Gasteiger partial charge in [0.1, 0.15) is 16.6 Å². The quantitative estimate of drug-likeness (QED) is 0.690. The van der Waals surface area contributed by atoms with Gasteiger partial charge < -0.3 is 4.74 Å². The predicted octanol–water partition coefficient (Wildman–Crippen LogP) is 1.81. The van der Waals surface area contributed by atoms with Crippen LogP contribution in [-0.2, 0) is 9.53 Å². The van der Waals surface area contributed by atoms with Crippen molar-refractivity contribution in [3.8, 4) is 0 Å². The van der Waals surface area contributed by atoms with Crippen molar-refractivity contribution in [3.63, 3.8) is 0 Å². The third-order valence-electron chi connectivity index (χ3n) is 2.48. The fraction of sp³-hybridized carbons (Fsp3) is 0.818. The van der Waals surface area contributed by atoms with Crippen molar-refractivity contribution in [2.45, 2.75) is 45.3 Å². The van der Waals surface area contributed by atoms with Crippen LogP contribution in [0.4, 0.5) is 4.79 Å². The molecule has 0 N–H and O–H groups in total. The lowest BCUT2D eigenvalue weighted by Gasteiger charge is -2.27. The molecule has 6 heteroatoms. The van der Waals surface area contributed by atoms with Crippen LogP contribution in [0.25, 0.3) is 4.98 Å². The summed E-state index contributed by atoms with van der Waals surface area (Å²) in [6, 6.07) is -0.513. The average Bonchev–Trinajstić information content (AvgIpc) is 2.63. The molecule has 0 aromatic rings. The zero-order valence-corrected chi connectivity index (χ0v) is 10.5. The van der Waals surface area contributed by atoms with E-state index >= 15 is 0 Å². The molecular weight excluding hydrogens is 222 g/mol. The first-order chi connectivity index (χ1) is 7.85. The Balaban J connectivity index is 2.67. The molecule has 0 aromatic heterocycles. The summed E-state index contributed by atoms with van der Waals surface area (Å²) in [5.41, 5.74) is -0.575. The van der Waals surface area contributed by atoms with E-state index in [0.29, 0.717) is 13.0 Å². The zero-order valence-electron chi connectivity index (χ0n) is 10.5. The number of ether oxygens (including phenoxy) is 1. The topological polar surface area (TPSA) is 74.8 Å². The second kappa shape index (κ2) is 5.13. The number of Topliss-reactive ketones (excluding diaryl/α,β-unsaturated/α-hetero) is 1. The Morgan fingerprint density at radius 2 is 2.12 bits per heavy atom. The Bertz CT molecular complexity index is 354. The highest BCUT2D eigenvalue weighted by molar-refractivity contribution is 5.90. The molecule has 0 saturated carbocycles. The molecule has 1 atom stereocenters. The van der Waals surface area contributed by atoms with Crippen LogP contribution in [0.1, 0.15) is 33.6 Å². The van der Waals surface area contributed by atoms with Crippen molar-refractivity contribution < 1.29 is 14.3 Å². The van der Waals surface area contributed by atoms with E-state index in [0.717, 1.165) is 6.42 Å². The van der Waals surface area contributed by atoms with Crippen LogP contribution in [0.5, 0.6) is 0 Å². The summed E-state index contributed by atoms with van der Waals surface area (Å²) in [4.78, 5) is 27.7. The summed E-state index contributed by atoms with van der Waals surface area (Å²) in [5, 5.41) is 8.38. The van der Waals surface area contributed by atoms with Gasteiger partial charge in [0.2, 0.25) is 11.2 Å². The van der Waals surface area contributed by atoms with E-state index in [-0.39, 0.29) is 12.3 Å². The lowest BCUT2D eigenvalue weighted by molar-refractivity contribution is -0.121. The van der Waals surface area contributed by atoms with Gasteiger partial charge in [-0.25, -0.2) is 4.79 Å². The van der Waals surface area contributed by atoms with Crippen molar-refractivity contribution in [3.05, 3.63) is 4.98 Å². The number of ketones is 1. The first-order valence-electron chi connectivity index (χ1n) is 5.68. The molecule has 0 bridgehead atoms. The van der Waals surface area contributed by atoms with Gasteiger partial charge in [-0.2, -0.15) is 0 Å². The molecule has 0 aliphatic carbocycles. The molecule has 0 aromatic carbocycles. The van der Waals surface area contributed by atoms with Crippen LogP contribution in [0.3, 0.4) is 0 Å². The maximum Gasteiger partial charge on any atom is 0.410 e. The molecule has 1 fully saturated rings. The van der Waals surface area contributed by atoms with E-state index in [2.05, 4.69) is 4.98 Å². The van der Waals surface area contributed by atoms with E-state index < -0.39 is 17.7 Å². The average molecular weight is 240 g/mol. The minimum absolute atomic E-state index is 0.254. The Morgan fingerprint density at radius 1 is 1.47 bits per heavy atom. The predicted molar refractivity (Wildman–Crippen MR) is 60.9 cm³/mol. The van der Waals surface area contributed by atoms with Crippen LogP contribution in [0.15, 0.2) is 0 Å². The third kappa shape index (κ3) is 3.70. The van der Waals surface area contributed by atoms with Gasteiger partial charge in [-0.05, 0) is 33.6 Å². The van der Waals surface area contributed by atoms with Crippen LogP contribution in [-0.4, -0.2) is 41.5 Å². The van der Waals surface area contributed by atoms with E-state index in [1.165, 1.54) is 4.90 Å². The molecule has 0 radical (unpaired) electrons. The smallest absolute Gasteiger partial charge is 0.410 e. The van der Waals surface area contributed by atoms with Crippen LogP contribution in [0, 0.1) is 5.39 Å². The van der Waals surface area contributed by atoms with Crippen molar-refractivity contribution in [2.24, 2.45) is 0 Å². The minimum atomic E-state index is -0.575. The molecule has 1 aliphatic heterocycles. The van der Waals surface area contributed by atoms with Crippen molar-refractivity contribution in [1.29, 1.82) is 5.39 Å². The van der Waals surface area contributed by atoms with E-state index in [1.54, 1.807) is 20.8 Å². The second-order valence-electron chi connectivity index (χ2n) is 5.10. The highest BCUT2D eigenvalue weighted by Crippen LogP contribution is 2.21. The summed E-state index contributed by atoms with van der Waals surface area (Å²) >= 11 is 0. The number of carbonyl (C=O) groups is 2. The largest absolute Gasteiger partial charge is 0.444 e. The minimum Gasteiger partial charge on any atom is -0.444 e. The SMILES string of the molecule is CC(C)(C)OC(=O)N1CCC[C@@H]1C(=O)C[N+]#N. The van der Waals surface area contributed by atoms with E-state index in [4.69, 9.17) is 10.1 Å². The third-order valence-corrected chi connectivity index (χ3v) is 2.48. The Hall–Kier alpha value is -1.64. The molecule has 17 heavy (non-hydrogen) atoms. The molecule has 0 spiro atoms. The number of carbonyl (C=O) groups excluding carboxylic acids is 2. The number of nitrogens with zero attached hydrogens (tertiary/aromatic N) is 3. The molecular formula is C11H18N3O3+. The first-order valence-corrected chi connectivity index (χ1v) is 5.68. The Morgan fingerprint density at radius 3 is 2.65 bits per heavy atom. The molecule has 1 amide bonds. The number of likely N-dealkylation sites (tertiary alicyclic amines) is 1. The number of hydrogen-bond donors (Lipinski definition) is 0. The summed E-state index contributed by atoms with van der Waals surface area (Å²) in [5.74, 6) is -0.254. The van der Waals surface area contributed by atoms with E-state index in [9.17, 15) is 9.59 Å². The molecule has 1 saturated heterocycles. The number of rotatable bonds is 2. The molecule has 1 rings (SSSR count). The summed E-state index contributed by atoms with van der Waals surface area (Å²) < 4.78 is 5.22. The van der Waals surface area contributed by atoms with Crippen molar-refractivity contribution in [2.75, 3.05) is 13.1 Å². The van der Waals surface area contributed by atoms with Crippen LogP contribution < -0.4 is 0 Å². The van der Waals surface area contributed by atoms with Crippen molar-refractivity contribution in [1.82, 2.24) is 4.90 Å². The van der Waals surface area contributed by atoms with Crippen LogP contribution >= 0.6 is 0 Å². The highest BCUT2D eigenvalue weighted by atomic mass is 16.6. The zero-order chi connectivity index (χ0) is 13.1. The van der Waals surface area contributed by atoms with Gasteiger partial charge in [-0.3, -0.25) is 9.69 Å². The second-order valence-corrected chi connectivity index (χ2v) is 5.10. The van der Waals surface area contributed by atoms with Crippen molar-refractivity contribution >= 4 is 11.9 Å². The molecule has 0 unspecified atom stereocenters. The standard InChI is InChI=1S/C11H18N3O3/c1-11(2,3)17-10(16)14-6-4-5-8(14)9(15)7-13-12/h8H,4-7H2,1-3H3/q+1/t8-/m1/s1. The summed E-state index contributed by atoms with van der Waals surface area (Å²) in [6.07, 6.45) is 0.889. The Kier molecular flexibility index (Phi) is 4.05. The number of hydrogen-bond acceptors (Lipinski definition) is 4. The monoisotopic (exact) mass is 240 g/mol. The van der Waals surface area contributed by atoms with Gasteiger partial charge in [0.25, 0.3) is 0 Å². The molecule has 1 heterocycles. The number of diazo groups is 1. The molecule has 94 valence electrons. The Labute approximate surface area is 101 Å². The lowest BCUT2D eigenvalue weighted by atomic mass is 10.1. The van der Waals surface area contributed by atoms with Gasteiger partial charge in [0.05, 0.1) is 0 Å². The number of amides is 1. The van der Waals surface area contributed by atoms with Crippen LogP contribution in [0.2, 0.25) is 0 Å². The summed E-state index contributed by atoms with van der Waals surface area (Å²) in [6.45, 7) is 5.57. The fourth-order valence-electron chi connectivity index (χ4n) is 1.82.